The molecule has 0 saturated carbocycles. The minimum Gasteiger partial charge on any atom is -0.497 e. The third kappa shape index (κ3) is 4.32. The first-order valence-electron chi connectivity index (χ1n) is 10.4. The second kappa shape index (κ2) is 9.03. The highest BCUT2D eigenvalue weighted by Crippen LogP contribution is 2.26. The van der Waals surface area contributed by atoms with Crippen LogP contribution in [0.1, 0.15) is 47.1 Å². The van der Waals surface area contributed by atoms with Gasteiger partial charge in [0.15, 0.2) is 0 Å². The summed E-state index contributed by atoms with van der Waals surface area (Å²) in [6.07, 6.45) is 7.31. The number of aromatic nitrogens is 2. The van der Waals surface area contributed by atoms with Gasteiger partial charge in [-0.05, 0) is 55.2 Å². The Labute approximate surface area is 177 Å². The van der Waals surface area contributed by atoms with Gasteiger partial charge in [-0.1, -0.05) is 18.2 Å². The van der Waals surface area contributed by atoms with Crippen LogP contribution in [0.2, 0.25) is 0 Å². The maximum atomic E-state index is 13.2. The summed E-state index contributed by atoms with van der Waals surface area (Å²) >= 11 is 0. The molecule has 6 heteroatoms. The molecule has 1 aliphatic rings. The molecule has 1 aromatic heterocycles. The molecule has 1 fully saturated rings. The number of piperidine rings is 1. The summed E-state index contributed by atoms with van der Waals surface area (Å²) in [5.41, 5.74) is 2.68. The standard InChI is InChI=1S/C24H28N4O2/c1-27-15-12-25-23(27)22(18-8-7-11-21(17-18)30-2)26-24(29)19-9-6-10-20(16-19)28-13-4-3-5-14-28/h6-12,15-17,22H,3-5,13-14H2,1-2H3,(H,26,29)/t22-/m0/s1. The number of hydrogen-bond acceptors (Lipinski definition) is 4. The number of anilines is 1. The summed E-state index contributed by atoms with van der Waals surface area (Å²) < 4.78 is 7.30. The van der Waals surface area contributed by atoms with Gasteiger partial charge in [0, 0.05) is 43.8 Å². The Hall–Kier alpha value is -3.28. The van der Waals surface area contributed by atoms with Crippen molar-refractivity contribution in [1.29, 1.82) is 0 Å². The number of imidazole rings is 1. The number of nitrogens with one attached hydrogen (secondary N) is 1. The fourth-order valence-corrected chi connectivity index (χ4v) is 3.98. The molecular weight excluding hydrogens is 376 g/mol. The van der Waals surface area contributed by atoms with Crippen LogP contribution < -0.4 is 15.0 Å². The number of hydrogen-bond donors (Lipinski definition) is 1. The number of methoxy groups -OCH3 is 1. The highest BCUT2D eigenvalue weighted by molar-refractivity contribution is 5.95. The average Bonchev–Trinajstić information content (AvgIpc) is 3.23. The van der Waals surface area contributed by atoms with Gasteiger partial charge in [-0.15, -0.1) is 0 Å². The molecule has 0 unspecified atom stereocenters. The Balaban J connectivity index is 1.61. The number of carbonyl (C=O) groups is 1. The van der Waals surface area contributed by atoms with E-state index in [4.69, 9.17) is 4.74 Å². The van der Waals surface area contributed by atoms with Crippen LogP contribution in [0.3, 0.4) is 0 Å². The second-order valence-corrected chi connectivity index (χ2v) is 7.68. The smallest absolute Gasteiger partial charge is 0.252 e. The molecule has 156 valence electrons. The Kier molecular flexibility index (Phi) is 6.02. The molecule has 0 radical (unpaired) electrons. The lowest BCUT2D eigenvalue weighted by Gasteiger charge is -2.29. The number of carbonyl (C=O) groups excluding carboxylic acids is 1. The maximum absolute atomic E-state index is 13.2. The first-order valence-corrected chi connectivity index (χ1v) is 10.4. The molecule has 0 spiro atoms. The van der Waals surface area contributed by atoms with Crippen LogP contribution >= 0.6 is 0 Å². The van der Waals surface area contributed by atoms with Gasteiger partial charge >= 0.3 is 0 Å². The van der Waals surface area contributed by atoms with Crippen LogP contribution in [-0.4, -0.2) is 35.7 Å². The van der Waals surface area contributed by atoms with E-state index in [2.05, 4.69) is 21.3 Å². The zero-order valence-corrected chi connectivity index (χ0v) is 17.5. The van der Waals surface area contributed by atoms with Crippen molar-refractivity contribution in [2.75, 3.05) is 25.1 Å². The van der Waals surface area contributed by atoms with Crippen molar-refractivity contribution in [3.8, 4) is 5.75 Å². The summed E-state index contributed by atoms with van der Waals surface area (Å²) in [7, 11) is 3.57. The van der Waals surface area contributed by atoms with Gasteiger partial charge in [0.1, 0.15) is 17.6 Å². The van der Waals surface area contributed by atoms with Gasteiger partial charge in [-0.25, -0.2) is 4.98 Å². The van der Waals surface area contributed by atoms with Crippen molar-refractivity contribution in [2.24, 2.45) is 7.05 Å². The monoisotopic (exact) mass is 404 g/mol. The summed E-state index contributed by atoms with van der Waals surface area (Å²) in [5.74, 6) is 1.39. The highest BCUT2D eigenvalue weighted by atomic mass is 16.5. The molecule has 1 N–H and O–H groups in total. The lowest BCUT2D eigenvalue weighted by molar-refractivity contribution is 0.0941. The molecule has 30 heavy (non-hydrogen) atoms. The van der Waals surface area contributed by atoms with Crippen molar-refractivity contribution in [3.05, 3.63) is 77.9 Å². The maximum Gasteiger partial charge on any atom is 0.252 e. The number of nitrogens with zero attached hydrogens (tertiary/aromatic N) is 3. The van der Waals surface area contributed by atoms with E-state index in [1.54, 1.807) is 13.3 Å². The predicted molar refractivity (Wildman–Crippen MR) is 118 cm³/mol. The number of benzene rings is 2. The van der Waals surface area contributed by atoms with E-state index in [0.29, 0.717) is 5.56 Å². The van der Waals surface area contributed by atoms with Crippen LogP contribution in [0.25, 0.3) is 0 Å². The lowest BCUT2D eigenvalue weighted by Crippen LogP contribution is -2.32. The number of ether oxygens (including phenoxy) is 1. The van der Waals surface area contributed by atoms with Crippen molar-refractivity contribution in [1.82, 2.24) is 14.9 Å². The van der Waals surface area contributed by atoms with Gasteiger partial charge in [-0.3, -0.25) is 4.79 Å². The van der Waals surface area contributed by atoms with E-state index < -0.39 is 0 Å². The third-order valence-corrected chi connectivity index (χ3v) is 5.65. The number of aryl methyl sites for hydroxylation is 1. The van der Waals surface area contributed by atoms with Crippen LogP contribution in [0, 0.1) is 0 Å². The molecule has 1 atom stereocenters. The number of amides is 1. The van der Waals surface area contributed by atoms with Gasteiger partial charge in [-0.2, -0.15) is 0 Å². The summed E-state index contributed by atoms with van der Waals surface area (Å²) in [5, 5.41) is 3.18. The summed E-state index contributed by atoms with van der Waals surface area (Å²) in [4.78, 5) is 20.1. The molecule has 0 aliphatic carbocycles. The largest absolute Gasteiger partial charge is 0.497 e. The lowest BCUT2D eigenvalue weighted by atomic mass is 10.0. The number of rotatable bonds is 6. The van der Waals surface area contributed by atoms with E-state index in [-0.39, 0.29) is 11.9 Å². The minimum atomic E-state index is -0.383. The quantitative estimate of drug-likeness (QED) is 0.676. The topological polar surface area (TPSA) is 59.4 Å². The Morgan fingerprint density at radius 2 is 1.90 bits per heavy atom. The third-order valence-electron chi connectivity index (χ3n) is 5.65. The first-order chi connectivity index (χ1) is 14.7. The molecule has 2 heterocycles. The van der Waals surface area contributed by atoms with E-state index in [0.717, 1.165) is 35.9 Å². The fraction of sp³-hybridized carbons (Fsp3) is 0.333. The molecule has 1 aliphatic heterocycles. The van der Waals surface area contributed by atoms with E-state index in [9.17, 15) is 4.79 Å². The Morgan fingerprint density at radius 3 is 2.63 bits per heavy atom. The minimum absolute atomic E-state index is 0.121. The van der Waals surface area contributed by atoms with Crippen molar-refractivity contribution in [3.63, 3.8) is 0 Å². The Bertz CT molecular complexity index is 1010. The summed E-state index contributed by atoms with van der Waals surface area (Å²) in [6, 6.07) is 15.2. The summed E-state index contributed by atoms with van der Waals surface area (Å²) in [6.45, 7) is 2.09. The van der Waals surface area contributed by atoms with Gasteiger partial charge < -0.3 is 19.5 Å². The molecule has 3 aromatic rings. The molecule has 2 aromatic carbocycles. The second-order valence-electron chi connectivity index (χ2n) is 7.68. The molecule has 1 amide bonds. The SMILES string of the molecule is COc1cccc([C@H](NC(=O)c2cccc(N3CCCCC3)c2)c2nccn2C)c1. The van der Waals surface area contributed by atoms with Crippen molar-refractivity contribution >= 4 is 11.6 Å². The van der Waals surface area contributed by atoms with Gasteiger partial charge in [0.05, 0.1) is 7.11 Å². The van der Waals surface area contributed by atoms with E-state index >= 15 is 0 Å². The zero-order valence-electron chi connectivity index (χ0n) is 17.5. The highest BCUT2D eigenvalue weighted by Gasteiger charge is 2.22. The molecule has 0 bridgehead atoms. The molecule has 6 nitrogen and oxygen atoms in total. The van der Waals surface area contributed by atoms with Crippen LogP contribution in [0.5, 0.6) is 5.75 Å². The van der Waals surface area contributed by atoms with E-state index in [1.165, 1.54) is 19.3 Å². The van der Waals surface area contributed by atoms with Gasteiger partial charge in [0.2, 0.25) is 0 Å². The molecule has 4 rings (SSSR count). The fourth-order valence-electron chi connectivity index (χ4n) is 3.98. The predicted octanol–water partition coefficient (Wildman–Crippen LogP) is 3.94. The molecule has 1 saturated heterocycles. The van der Waals surface area contributed by atoms with Crippen LogP contribution in [0.4, 0.5) is 5.69 Å². The van der Waals surface area contributed by atoms with E-state index in [1.807, 2.05) is 60.3 Å². The average molecular weight is 405 g/mol. The van der Waals surface area contributed by atoms with Gasteiger partial charge in [0.25, 0.3) is 5.91 Å². The Morgan fingerprint density at radius 1 is 1.10 bits per heavy atom. The van der Waals surface area contributed by atoms with Crippen molar-refractivity contribution in [2.45, 2.75) is 25.3 Å². The zero-order chi connectivity index (χ0) is 20.9. The van der Waals surface area contributed by atoms with Crippen LogP contribution in [0.15, 0.2) is 60.9 Å². The van der Waals surface area contributed by atoms with Crippen molar-refractivity contribution < 1.29 is 9.53 Å². The normalized spacial score (nSPS) is 14.9. The first kappa shape index (κ1) is 20.0. The molecular formula is C24H28N4O2. The van der Waals surface area contributed by atoms with Crippen LogP contribution in [-0.2, 0) is 7.05 Å².